The maximum absolute atomic E-state index is 11.7. The zero-order chi connectivity index (χ0) is 12.1. The van der Waals surface area contributed by atoms with Crippen molar-refractivity contribution in [1.82, 2.24) is 41.2 Å². The average Bonchev–Trinajstić information content (AvgIpc) is 2.97. The Labute approximate surface area is 96.1 Å². The highest BCUT2D eigenvalue weighted by Gasteiger charge is 2.13. The van der Waals surface area contributed by atoms with Crippen LogP contribution in [0.25, 0.3) is 0 Å². The van der Waals surface area contributed by atoms with Crippen molar-refractivity contribution in [2.24, 2.45) is 0 Å². The molecule has 0 aliphatic rings. The Kier molecular flexibility index (Phi) is 3.37. The van der Waals surface area contributed by atoms with Crippen LogP contribution in [0.5, 0.6) is 0 Å². The highest BCUT2D eigenvalue weighted by Crippen LogP contribution is 1.98. The molecule has 0 saturated heterocycles. The number of aromatic amines is 2. The quantitative estimate of drug-likeness (QED) is 0.600. The molecule has 0 radical (unpaired) electrons. The van der Waals surface area contributed by atoms with E-state index < -0.39 is 9.84 Å². The SMILES string of the molecule is O=S(=O)(CCc1nnn[nH]1)CCc1nnn[nH]1. The van der Waals surface area contributed by atoms with Crippen LogP contribution in [0.3, 0.4) is 0 Å². The molecule has 0 unspecified atom stereocenters. The van der Waals surface area contributed by atoms with Crippen molar-refractivity contribution < 1.29 is 8.42 Å². The minimum Gasteiger partial charge on any atom is -0.243 e. The molecule has 0 amide bonds. The highest BCUT2D eigenvalue weighted by atomic mass is 32.2. The van der Waals surface area contributed by atoms with E-state index in [9.17, 15) is 8.42 Å². The van der Waals surface area contributed by atoms with E-state index in [0.29, 0.717) is 11.6 Å². The Balaban J connectivity index is 1.82. The second kappa shape index (κ2) is 4.95. The molecule has 10 nitrogen and oxygen atoms in total. The molecule has 17 heavy (non-hydrogen) atoms. The smallest absolute Gasteiger partial charge is 0.151 e. The molecule has 0 aromatic carbocycles. The van der Waals surface area contributed by atoms with Gasteiger partial charge in [-0.05, 0) is 20.9 Å². The van der Waals surface area contributed by atoms with E-state index in [4.69, 9.17) is 0 Å². The number of nitrogens with one attached hydrogen (secondary N) is 2. The normalized spacial score (nSPS) is 11.8. The van der Waals surface area contributed by atoms with Gasteiger partial charge in [0.1, 0.15) is 11.6 Å². The summed E-state index contributed by atoms with van der Waals surface area (Å²) in [5.41, 5.74) is 0. The second-order valence-electron chi connectivity index (χ2n) is 3.35. The molecule has 2 N–H and O–H groups in total. The summed E-state index contributed by atoms with van der Waals surface area (Å²) in [6.45, 7) is 0. The first kappa shape index (κ1) is 11.6. The van der Waals surface area contributed by atoms with Crippen LogP contribution in [0, 0.1) is 0 Å². The number of sulfone groups is 1. The first-order valence-electron chi connectivity index (χ1n) is 4.81. The van der Waals surface area contributed by atoms with Gasteiger partial charge >= 0.3 is 0 Å². The van der Waals surface area contributed by atoms with Crippen molar-refractivity contribution in [2.45, 2.75) is 12.8 Å². The van der Waals surface area contributed by atoms with E-state index in [1.54, 1.807) is 0 Å². The molecule has 92 valence electrons. The Hall–Kier alpha value is -1.91. The standard InChI is InChI=1S/C6H10N8O2S/c15-17(16,3-1-5-7-11-12-8-5)4-2-6-9-13-14-10-6/h1-4H2,(H,7,8,11,12)(H,9,10,13,14). The summed E-state index contributed by atoms with van der Waals surface area (Å²) in [5.74, 6) is 0.890. The van der Waals surface area contributed by atoms with Crippen LogP contribution in [-0.2, 0) is 22.7 Å². The van der Waals surface area contributed by atoms with Gasteiger partial charge in [-0.1, -0.05) is 0 Å². The number of hydrogen-bond acceptors (Lipinski definition) is 8. The number of aromatic nitrogens is 8. The Bertz CT molecular complexity index is 488. The summed E-state index contributed by atoms with van der Waals surface area (Å²) in [7, 11) is -3.16. The largest absolute Gasteiger partial charge is 0.243 e. The highest BCUT2D eigenvalue weighted by molar-refractivity contribution is 7.91. The van der Waals surface area contributed by atoms with Crippen LogP contribution in [-0.4, -0.2) is 61.2 Å². The summed E-state index contributed by atoms with van der Waals surface area (Å²) in [4.78, 5) is 0. The fraction of sp³-hybridized carbons (Fsp3) is 0.667. The van der Waals surface area contributed by atoms with Gasteiger partial charge in [0, 0.05) is 12.8 Å². The summed E-state index contributed by atoms with van der Waals surface area (Å²) < 4.78 is 23.3. The predicted octanol–water partition coefficient (Wildman–Crippen LogP) is -2.09. The molecule has 11 heteroatoms. The van der Waals surface area contributed by atoms with Crippen molar-refractivity contribution in [2.75, 3.05) is 11.5 Å². The van der Waals surface area contributed by atoms with Crippen LogP contribution in [0.2, 0.25) is 0 Å². The van der Waals surface area contributed by atoms with Gasteiger partial charge in [-0.25, -0.2) is 18.6 Å². The average molecular weight is 258 g/mol. The molecule has 0 aliphatic carbocycles. The molecule has 0 saturated carbocycles. The zero-order valence-corrected chi connectivity index (χ0v) is 9.55. The lowest BCUT2D eigenvalue weighted by molar-refractivity contribution is 0.593. The number of aryl methyl sites for hydroxylation is 2. The van der Waals surface area contributed by atoms with E-state index in [1.165, 1.54) is 0 Å². The summed E-state index contributed by atoms with van der Waals surface area (Å²) in [5, 5.41) is 25.7. The van der Waals surface area contributed by atoms with Gasteiger partial charge in [-0.15, -0.1) is 10.2 Å². The maximum Gasteiger partial charge on any atom is 0.151 e. The van der Waals surface area contributed by atoms with Crippen molar-refractivity contribution >= 4 is 9.84 Å². The third-order valence-corrected chi connectivity index (χ3v) is 3.73. The lowest BCUT2D eigenvalue weighted by atomic mass is 10.5. The van der Waals surface area contributed by atoms with Gasteiger partial charge < -0.3 is 0 Å². The first-order valence-corrected chi connectivity index (χ1v) is 6.63. The van der Waals surface area contributed by atoms with Gasteiger partial charge in [0.05, 0.1) is 11.5 Å². The van der Waals surface area contributed by atoms with E-state index >= 15 is 0 Å². The van der Waals surface area contributed by atoms with Gasteiger partial charge in [-0.2, -0.15) is 0 Å². The van der Waals surface area contributed by atoms with Gasteiger partial charge in [0.2, 0.25) is 0 Å². The molecule has 0 bridgehead atoms. The molecular formula is C6H10N8O2S. The number of nitrogens with zero attached hydrogens (tertiary/aromatic N) is 6. The number of tetrazole rings is 2. The maximum atomic E-state index is 11.7. The molecule has 2 aromatic rings. The third kappa shape index (κ3) is 3.55. The van der Waals surface area contributed by atoms with Crippen molar-refractivity contribution in [3.63, 3.8) is 0 Å². The van der Waals surface area contributed by atoms with Crippen LogP contribution >= 0.6 is 0 Å². The Morgan fingerprint density at radius 1 is 0.882 bits per heavy atom. The van der Waals surface area contributed by atoms with Crippen molar-refractivity contribution in [1.29, 1.82) is 0 Å². The topological polar surface area (TPSA) is 143 Å². The van der Waals surface area contributed by atoms with Gasteiger partial charge in [0.25, 0.3) is 0 Å². The molecule has 2 aromatic heterocycles. The summed E-state index contributed by atoms with van der Waals surface area (Å²) in [6.07, 6.45) is 0.536. The van der Waals surface area contributed by atoms with Crippen LogP contribution in [0.4, 0.5) is 0 Å². The Morgan fingerprint density at radius 2 is 1.35 bits per heavy atom. The zero-order valence-electron chi connectivity index (χ0n) is 8.74. The molecule has 2 rings (SSSR count). The van der Waals surface area contributed by atoms with E-state index in [0.717, 1.165) is 0 Å². The van der Waals surface area contributed by atoms with Crippen LogP contribution in [0.15, 0.2) is 0 Å². The number of H-pyrrole nitrogens is 2. The van der Waals surface area contributed by atoms with Gasteiger partial charge in [-0.3, -0.25) is 0 Å². The van der Waals surface area contributed by atoms with Crippen molar-refractivity contribution in [3.05, 3.63) is 11.6 Å². The molecule has 0 aliphatic heterocycles. The monoisotopic (exact) mass is 258 g/mol. The van der Waals surface area contributed by atoms with Crippen molar-refractivity contribution in [3.8, 4) is 0 Å². The summed E-state index contributed by atoms with van der Waals surface area (Å²) in [6, 6.07) is 0. The van der Waals surface area contributed by atoms with E-state index in [2.05, 4.69) is 41.2 Å². The lowest BCUT2D eigenvalue weighted by Crippen LogP contribution is -2.16. The third-order valence-electron chi connectivity index (χ3n) is 2.08. The predicted molar refractivity (Wildman–Crippen MR) is 54.4 cm³/mol. The van der Waals surface area contributed by atoms with Gasteiger partial charge in [0.15, 0.2) is 9.84 Å². The van der Waals surface area contributed by atoms with E-state index in [1.807, 2.05) is 0 Å². The Morgan fingerprint density at radius 3 is 1.71 bits per heavy atom. The molecule has 0 atom stereocenters. The first-order chi connectivity index (χ1) is 8.16. The minimum absolute atomic E-state index is 0.00849. The molecular weight excluding hydrogens is 248 g/mol. The lowest BCUT2D eigenvalue weighted by Gasteiger charge is -2.00. The fourth-order valence-corrected chi connectivity index (χ4v) is 2.39. The number of rotatable bonds is 6. The summed E-state index contributed by atoms with van der Waals surface area (Å²) >= 11 is 0. The molecule has 0 spiro atoms. The van der Waals surface area contributed by atoms with Crippen LogP contribution < -0.4 is 0 Å². The fourth-order valence-electron chi connectivity index (χ4n) is 1.18. The molecule has 2 heterocycles. The molecule has 0 fully saturated rings. The van der Waals surface area contributed by atoms with Crippen LogP contribution in [0.1, 0.15) is 11.6 Å². The minimum atomic E-state index is -3.16. The van der Waals surface area contributed by atoms with E-state index in [-0.39, 0.29) is 24.3 Å². The second-order valence-corrected chi connectivity index (χ2v) is 5.65. The number of hydrogen-bond donors (Lipinski definition) is 2.